The number of thiophene rings is 1. The summed E-state index contributed by atoms with van der Waals surface area (Å²) in [6.45, 7) is 3.77. The Morgan fingerprint density at radius 1 is 1.24 bits per heavy atom. The van der Waals surface area contributed by atoms with E-state index in [1.807, 2.05) is 48.7 Å². The number of rotatable bonds is 5. The highest BCUT2D eigenvalue weighted by atomic mass is 32.1. The standard InChI is InChI=1S/C16H17NO3S/c1-11-5-7-13(8-6-11)17(10-14-4-3-9-21-14)15(18)12(2)16(19)20/h3-9,12H,10H2,1-2H3,(H,19,20). The number of aliphatic carboxylic acids is 1. The summed E-state index contributed by atoms with van der Waals surface area (Å²) in [5, 5.41) is 11.0. The second kappa shape index (κ2) is 6.54. The minimum atomic E-state index is -1.11. The molecule has 1 heterocycles. The van der Waals surface area contributed by atoms with E-state index in [0.29, 0.717) is 12.2 Å². The molecule has 1 atom stereocenters. The molecule has 0 radical (unpaired) electrons. The van der Waals surface area contributed by atoms with Crippen molar-refractivity contribution in [1.29, 1.82) is 0 Å². The molecule has 21 heavy (non-hydrogen) atoms. The zero-order valence-corrected chi connectivity index (χ0v) is 12.8. The molecule has 2 aromatic rings. The van der Waals surface area contributed by atoms with Gasteiger partial charge in [0.1, 0.15) is 5.92 Å². The third-order valence-corrected chi connectivity index (χ3v) is 4.11. The molecule has 0 bridgehead atoms. The lowest BCUT2D eigenvalue weighted by Crippen LogP contribution is -2.37. The summed E-state index contributed by atoms with van der Waals surface area (Å²) >= 11 is 1.55. The number of carboxylic acids is 1. The Morgan fingerprint density at radius 2 is 1.90 bits per heavy atom. The van der Waals surface area contributed by atoms with Gasteiger partial charge in [0.15, 0.2) is 0 Å². The van der Waals surface area contributed by atoms with E-state index in [0.717, 1.165) is 10.4 Å². The maximum absolute atomic E-state index is 12.4. The first-order valence-corrected chi connectivity index (χ1v) is 7.50. The molecule has 1 aromatic carbocycles. The van der Waals surface area contributed by atoms with Gasteiger partial charge in [-0.3, -0.25) is 9.59 Å². The van der Waals surface area contributed by atoms with Gasteiger partial charge in [0.05, 0.1) is 6.54 Å². The van der Waals surface area contributed by atoms with E-state index in [2.05, 4.69) is 0 Å². The molecule has 0 saturated heterocycles. The molecule has 110 valence electrons. The number of hydrogen-bond acceptors (Lipinski definition) is 3. The summed E-state index contributed by atoms with van der Waals surface area (Å²) in [6.07, 6.45) is 0. The molecule has 1 unspecified atom stereocenters. The number of amides is 1. The van der Waals surface area contributed by atoms with Gasteiger partial charge in [0, 0.05) is 10.6 Å². The Bertz CT molecular complexity index is 619. The largest absolute Gasteiger partial charge is 0.481 e. The quantitative estimate of drug-likeness (QED) is 0.862. The smallest absolute Gasteiger partial charge is 0.315 e. The number of hydrogen-bond donors (Lipinski definition) is 1. The Hall–Kier alpha value is -2.14. The van der Waals surface area contributed by atoms with Gasteiger partial charge in [-0.2, -0.15) is 0 Å². The predicted octanol–water partition coefficient (Wildman–Crippen LogP) is 3.31. The summed E-state index contributed by atoms with van der Waals surface area (Å²) in [4.78, 5) is 26.1. The molecule has 0 spiro atoms. The number of benzene rings is 1. The van der Waals surface area contributed by atoms with Gasteiger partial charge in [-0.25, -0.2) is 0 Å². The molecule has 1 aromatic heterocycles. The fraction of sp³-hybridized carbons (Fsp3) is 0.250. The molecular weight excluding hydrogens is 286 g/mol. The highest BCUT2D eigenvalue weighted by molar-refractivity contribution is 7.09. The Labute approximate surface area is 127 Å². The van der Waals surface area contributed by atoms with Crippen molar-refractivity contribution in [3.05, 3.63) is 52.2 Å². The Balaban J connectivity index is 2.31. The van der Waals surface area contributed by atoms with Crippen LogP contribution in [0.1, 0.15) is 17.4 Å². The van der Waals surface area contributed by atoms with Crippen LogP contribution in [0.3, 0.4) is 0 Å². The first-order chi connectivity index (χ1) is 9.99. The van der Waals surface area contributed by atoms with Crippen molar-refractivity contribution in [2.45, 2.75) is 20.4 Å². The number of anilines is 1. The van der Waals surface area contributed by atoms with E-state index < -0.39 is 17.8 Å². The van der Waals surface area contributed by atoms with Gasteiger partial charge in [0.25, 0.3) is 0 Å². The van der Waals surface area contributed by atoms with Crippen molar-refractivity contribution in [1.82, 2.24) is 0 Å². The molecule has 0 saturated carbocycles. The zero-order valence-electron chi connectivity index (χ0n) is 11.9. The summed E-state index contributed by atoms with van der Waals surface area (Å²) in [7, 11) is 0. The molecule has 4 nitrogen and oxygen atoms in total. The molecule has 1 N–H and O–H groups in total. The molecular formula is C16H17NO3S. The predicted molar refractivity (Wildman–Crippen MR) is 83.5 cm³/mol. The van der Waals surface area contributed by atoms with Gasteiger partial charge < -0.3 is 10.0 Å². The first-order valence-electron chi connectivity index (χ1n) is 6.62. The lowest BCUT2D eigenvalue weighted by Gasteiger charge is -2.24. The van der Waals surface area contributed by atoms with Crippen LogP contribution in [0.2, 0.25) is 0 Å². The normalized spacial score (nSPS) is 11.9. The lowest BCUT2D eigenvalue weighted by molar-refractivity contribution is -0.145. The van der Waals surface area contributed by atoms with Crippen LogP contribution in [0.5, 0.6) is 0 Å². The molecule has 0 aliphatic carbocycles. The topological polar surface area (TPSA) is 57.6 Å². The maximum Gasteiger partial charge on any atom is 0.315 e. The van der Waals surface area contributed by atoms with Gasteiger partial charge in [0.2, 0.25) is 5.91 Å². The molecule has 5 heteroatoms. The van der Waals surface area contributed by atoms with Crippen LogP contribution in [-0.2, 0) is 16.1 Å². The minimum Gasteiger partial charge on any atom is -0.481 e. The van der Waals surface area contributed by atoms with Crippen molar-refractivity contribution in [2.24, 2.45) is 5.92 Å². The summed E-state index contributed by atoms with van der Waals surface area (Å²) < 4.78 is 0. The number of nitrogens with zero attached hydrogens (tertiary/aromatic N) is 1. The number of aryl methyl sites for hydroxylation is 1. The van der Waals surface area contributed by atoms with Crippen LogP contribution in [0.15, 0.2) is 41.8 Å². The average Bonchev–Trinajstić information content (AvgIpc) is 2.97. The van der Waals surface area contributed by atoms with Gasteiger partial charge >= 0.3 is 5.97 Å². The van der Waals surface area contributed by atoms with E-state index >= 15 is 0 Å². The first kappa shape index (κ1) is 15.3. The third kappa shape index (κ3) is 3.70. The van der Waals surface area contributed by atoms with Gasteiger partial charge in [-0.1, -0.05) is 23.8 Å². The van der Waals surface area contributed by atoms with E-state index in [-0.39, 0.29) is 0 Å². The average molecular weight is 303 g/mol. The van der Waals surface area contributed by atoms with Crippen LogP contribution in [0.4, 0.5) is 5.69 Å². The number of carbonyl (C=O) groups is 2. The summed E-state index contributed by atoms with van der Waals surface area (Å²) in [5.74, 6) is -2.57. The fourth-order valence-electron chi connectivity index (χ4n) is 1.92. The second-order valence-electron chi connectivity index (χ2n) is 4.90. The van der Waals surface area contributed by atoms with Crippen LogP contribution < -0.4 is 4.90 Å². The lowest BCUT2D eigenvalue weighted by atomic mass is 10.1. The molecule has 0 aliphatic heterocycles. The van der Waals surface area contributed by atoms with Crippen molar-refractivity contribution in [3.63, 3.8) is 0 Å². The minimum absolute atomic E-state index is 0.386. The maximum atomic E-state index is 12.4. The third-order valence-electron chi connectivity index (χ3n) is 3.25. The molecule has 2 rings (SSSR count). The van der Waals surface area contributed by atoms with E-state index in [9.17, 15) is 9.59 Å². The fourth-order valence-corrected chi connectivity index (χ4v) is 2.61. The van der Waals surface area contributed by atoms with E-state index in [1.165, 1.54) is 11.8 Å². The van der Waals surface area contributed by atoms with Crippen LogP contribution in [0, 0.1) is 12.8 Å². The van der Waals surface area contributed by atoms with Crippen LogP contribution in [0.25, 0.3) is 0 Å². The highest BCUT2D eigenvalue weighted by Gasteiger charge is 2.27. The zero-order chi connectivity index (χ0) is 15.4. The molecule has 1 amide bonds. The molecule has 0 aliphatic rings. The highest BCUT2D eigenvalue weighted by Crippen LogP contribution is 2.22. The molecule has 0 fully saturated rings. The SMILES string of the molecule is Cc1ccc(N(Cc2cccs2)C(=O)C(C)C(=O)O)cc1. The van der Waals surface area contributed by atoms with Gasteiger partial charge in [-0.15, -0.1) is 11.3 Å². The Kier molecular flexibility index (Phi) is 4.75. The van der Waals surface area contributed by atoms with Crippen molar-refractivity contribution < 1.29 is 14.7 Å². The van der Waals surface area contributed by atoms with E-state index in [1.54, 1.807) is 11.3 Å². The number of carbonyl (C=O) groups excluding carboxylic acids is 1. The van der Waals surface area contributed by atoms with E-state index in [4.69, 9.17) is 5.11 Å². The Morgan fingerprint density at radius 3 is 2.43 bits per heavy atom. The van der Waals surface area contributed by atoms with Gasteiger partial charge in [-0.05, 0) is 37.4 Å². The summed E-state index contributed by atoms with van der Waals surface area (Å²) in [5.41, 5.74) is 1.81. The van der Waals surface area contributed by atoms with Crippen LogP contribution in [-0.4, -0.2) is 17.0 Å². The van der Waals surface area contributed by atoms with Crippen molar-refractivity contribution in [3.8, 4) is 0 Å². The summed E-state index contributed by atoms with van der Waals surface area (Å²) in [6, 6.07) is 11.4. The second-order valence-corrected chi connectivity index (χ2v) is 5.93. The van der Waals surface area contributed by atoms with Crippen molar-refractivity contribution in [2.75, 3.05) is 4.90 Å². The monoisotopic (exact) mass is 303 g/mol. The van der Waals surface area contributed by atoms with Crippen LogP contribution >= 0.6 is 11.3 Å². The van der Waals surface area contributed by atoms with Crippen molar-refractivity contribution >= 4 is 28.9 Å². The number of carboxylic acid groups (broad SMARTS) is 1.